The number of benzene rings is 1. The Morgan fingerprint density at radius 1 is 1.30 bits per heavy atom. The lowest BCUT2D eigenvalue weighted by Crippen LogP contribution is -2.39. The van der Waals surface area contributed by atoms with Crippen molar-refractivity contribution in [1.29, 1.82) is 0 Å². The first-order chi connectivity index (χ1) is 11.1. The molecule has 1 aliphatic heterocycles. The van der Waals surface area contributed by atoms with Gasteiger partial charge in [-0.3, -0.25) is 4.79 Å². The van der Waals surface area contributed by atoms with E-state index >= 15 is 0 Å². The summed E-state index contributed by atoms with van der Waals surface area (Å²) in [6, 6.07) is 9.89. The minimum absolute atomic E-state index is 0.0599. The summed E-state index contributed by atoms with van der Waals surface area (Å²) in [6.45, 7) is 4.03. The van der Waals surface area contributed by atoms with Crippen LogP contribution in [-0.4, -0.2) is 55.7 Å². The first-order valence-corrected chi connectivity index (χ1v) is 8.04. The van der Waals surface area contributed by atoms with E-state index in [1.807, 2.05) is 54.2 Å². The fourth-order valence-corrected chi connectivity index (χ4v) is 2.92. The fourth-order valence-electron chi connectivity index (χ4n) is 2.92. The maximum Gasteiger partial charge on any atom is 0.254 e. The van der Waals surface area contributed by atoms with Crippen molar-refractivity contribution in [1.82, 2.24) is 9.88 Å². The molecule has 1 atom stereocenters. The van der Waals surface area contributed by atoms with Gasteiger partial charge < -0.3 is 14.5 Å². The van der Waals surface area contributed by atoms with E-state index in [-0.39, 0.29) is 11.9 Å². The highest BCUT2D eigenvalue weighted by Crippen LogP contribution is 2.24. The summed E-state index contributed by atoms with van der Waals surface area (Å²) in [5.41, 5.74) is 1.56. The summed E-state index contributed by atoms with van der Waals surface area (Å²) < 4.78 is 5.52. The molecule has 0 radical (unpaired) electrons. The Bertz CT molecular complexity index is 714. The number of amides is 1. The SMILES string of the molecule is C[C@@H]1CCOCCN1C(=O)c1cc(N(C)C)nc2ccccc12. The molecule has 2 heterocycles. The molecular weight excluding hydrogens is 290 g/mol. The van der Waals surface area contributed by atoms with Crippen LogP contribution in [0.25, 0.3) is 10.9 Å². The van der Waals surface area contributed by atoms with E-state index in [1.54, 1.807) is 0 Å². The molecule has 1 saturated heterocycles. The third-order valence-corrected chi connectivity index (χ3v) is 4.34. The van der Waals surface area contributed by atoms with E-state index in [1.165, 1.54) is 0 Å². The maximum absolute atomic E-state index is 13.2. The Kier molecular flexibility index (Phi) is 4.48. The van der Waals surface area contributed by atoms with Crippen molar-refractivity contribution < 1.29 is 9.53 Å². The molecule has 5 nitrogen and oxygen atoms in total. The van der Waals surface area contributed by atoms with Crippen molar-refractivity contribution in [2.24, 2.45) is 0 Å². The molecule has 0 spiro atoms. The Balaban J connectivity index is 2.08. The van der Waals surface area contributed by atoms with Gasteiger partial charge in [-0.2, -0.15) is 0 Å². The van der Waals surface area contributed by atoms with Crippen LogP contribution in [0.4, 0.5) is 5.82 Å². The standard InChI is InChI=1S/C18H23N3O2/c1-13-8-10-23-11-9-21(13)18(22)15-12-17(20(2)3)19-16-7-5-4-6-14(15)16/h4-7,12-13H,8-11H2,1-3H3/t13-/m1/s1. The Labute approximate surface area is 136 Å². The van der Waals surface area contributed by atoms with Crippen LogP contribution in [0.1, 0.15) is 23.7 Å². The molecule has 1 aromatic heterocycles. The first-order valence-electron chi connectivity index (χ1n) is 8.04. The molecule has 23 heavy (non-hydrogen) atoms. The molecule has 1 aliphatic rings. The largest absolute Gasteiger partial charge is 0.380 e. The van der Waals surface area contributed by atoms with Crippen molar-refractivity contribution in [3.8, 4) is 0 Å². The number of pyridine rings is 1. The summed E-state index contributed by atoms with van der Waals surface area (Å²) in [4.78, 5) is 21.7. The second-order valence-electron chi connectivity index (χ2n) is 6.19. The summed E-state index contributed by atoms with van der Waals surface area (Å²) >= 11 is 0. The molecule has 0 unspecified atom stereocenters. The van der Waals surface area contributed by atoms with E-state index in [9.17, 15) is 4.79 Å². The molecule has 0 N–H and O–H groups in total. The number of aromatic nitrogens is 1. The number of para-hydroxylation sites is 1. The molecule has 1 aromatic carbocycles. The predicted octanol–water partition coefficient (Wildman–Crippen LogP) is 2.55. The fraction of sp³-hybridized carbons (Fsp3) is 0.444. The lowest BCUT2D eigenvalue weighted by atomic mass is 10.1. The number of ether oxygens (including phenoxy) is 1. The zero-order chi connectivity index (χ0) is 16.4. The van der Waals surface area contributed by atoms with Crippen molar-refractivity contribution in [2.75, 3.05) is 38.8 Å². The Morgan fingerprint density at radius 2 is 2.09 bits per heavy atom. The molecule has 122 valence electrons. The van der Waals surface area contributed by atoms with Gasteiger partial charge in [0.2, 0.25) is 0 Å². The summed E-state index contributed by atoms with van der Waals surface area (Å²) in [5.74, 6) is 0.857. The highest BCUT2D eigenvalue weighted by Gasteiger charge is 2.25. The van der Waals surface area contributed by atoms with Crippen molar-refractivity contribution >= 4 is 22.6 Å². The number of carbonyl (C=O) groups is 1. The molecule has 0 bridgehead atoms. The minimum Gasteiger partial charge on any atom is -0.380 e. The Hall–Kier alpha value is -2.14. The van der Waals surface area contributed by atoms with Crippen LogP contribution in [0, 0.1) is 0 Å². The average molecular weight is 313 g/mol. The smallest absolute Gasteiger partial charge is 0.254 e. The molecule has 1 fully saturated rings. The number of rotatable bonds is 2. The van der Waals surface area contributed by atoms with Crippen molar-refractivity contribution in [3.05, 3.63) is 35.9 Å². The van der Waals surface area contributed by atoms with Gasteiger partial charge in [0.1, 0.15) is 5.82 Å². The van der Waals surface area contributed by atoms with E-state index in [0.29, 0.717) is 25.3 Å². The van der Waals surface area contributed by atoms with E-state index in [2.05, 4.69) is 11.9 Å². The van der Waals surface area contributed by atoms with E-state index in [0.717, 1.165) is 23.1 Å². The summed E-state index contributed by atoms with van der Waals surface area (Å²) in [5, 5.41) is 0.903. The molecule has 2 aromatic rings. The average Bonchev–Trinajstić information content (AvgIpc) is 2.77. The third-order valence-electron chi connectivity index (χ3n) is 4.34. The molecule has 1 amide bonds. The van der Waals surface area contributed by atoms with Gasteiger partial charge in [-0.05, 0) is 25.5 Å². The van der Waals surface area contributed by atoms with Crippen molar-refractivity contribution in [2.45, 2.75) is 19.4 Å². The van der Waals surface area contributed by atoms with Gasteiger partial charge in [0.25, 0.3) is 5.91 Å². The number of anilines is 1. The van der Waals surface area contributed by atoms with Crippen LogP contribution >= 0.6 is 0 Å². The van der Waals surface area contributed by atoms with E-state index in [4.69, 9.17) is 4.74 Å². The molecule has 0 saturated carbocycles. The lowest BCUT2D eigenvalue weighted by Gasteiger charge is -2.27. The van der Waals surface area contributed by atoms with Crippen LogP contribution in [0.2, 0.25) is 0 Å². The molecular formula is C18H23N3O2. The first kappa shape index (κ1) is 15.7. The number of hydrogen-bond donors (Lipinski definition) is 0. The minimum atomic E-state index is 0.0599. The second kappa shape index (κ2) is 6.54. The van der Waals surface area contributed by atoms with Crippen LogP contribution in [0.15, 0.2) is 30.3 Å². The summed E-state index contributed by atoms with van der Waals surface area (Å²) in [7, 11) is 3.88. The maximum atomic E-state index is 13.2. The quantitative estimate of drug-likeness (QED) is 0.855. The monoisotopic (exact) mass is 313 g/mol. The number of fused-ring (bicyclic) bond motifs is 1. The van der Waals surface area contributed by atoms with Crippen LogP contribution in [0.5, 0.6) is 0 Å². The second-order valence-corrected chi connectivity index (χ2v) is 6.19. The van der Waals surface area contributed by atoms with Gasteiger partial charge in [-0.25, -0.2) is 4.98 Å². The predicted molar refractivity (Wildman–Crippen MR) is 92.0 cm³/mol. The van der Waals surface area contributed by atoms with Crippen molar-refractivity contribution in [3.63, 3.8) is 0 Å². The highest BCUT2D eigenvalue weighted by atomic mass is 16.5. The lowest BCUT2D eigenvalue weighted by molar-refractivity contribution is 0.0689. The molecule has 5 heteroatoms. The van der Waals surface area contributed by atoms with Gasteiger partial charge in [0.15, 0.2) is 0 Å². The van der Waals surface area contributed by atoms with Gasteiger partial charge in [0, 0.05) is 38.7 Å². The van der Waals surface area contributed by atoms with Gasteiger partial charge >= 0.3 is 0 Å². The zero-order valence-electron chi connectivity index (χ0n) is 14.0. The zero-order valence-corrected chi connectivity index (χ0v) is 14.0. The number of hydrogen-bond acceptors (Lipinski definition) is 4. The van der Waals surface area contributed by atoms with Crippen LogP contribution in [0.3, 0.4) is 0 Å². The third kappa shape index (κ3) is 3.15. The topological polar surface area (TPSA) is 45.7 Å². The van der Waals surface area contributed by atoms with E-state index < -0.39 is 0 Å². The highest BCUT2D eigenvalue weighted by molar-refractivity contribution is 6.07. The van der Waals surface area contributed by atoms with Gasteiger partial charge in [0.05, 0.1) is 17.7 Å². The Morgan fingerprint density at radius 3 is 2.87 bits per heavy atom. The normalized spacial score (nSPS) is 18.7. The van der Waals surface area contributed by atoms with Gasteiger partial charge in [-0.15, -0.1) is 0 Å². The molecule has 3 rings (SSSR count). The summed E-state index contributed by atoms with van der Waals surface area (Å²) in [6.07, 6.45) is 0.870. The van der Waals surface area contributed by atoms with Gasteiger partial charge in [-0.1, -0.05) is 18.2 Å². The molecule has 0 aliphatic carbocycles. The van der Waals surface area contributed by atoms with Crippen LogP contribution in [-0.2, 0) is 4.74 Å². The number of nitrogens with zero attached hydrogens (tertiary/aromatic N) is 3. The van der Waals surface area contributed by atoms with Crippen LogP contribution < -0.4 is 4.90 Å². The number of carbonyl (C=O) groups excluding carboxylic acids is 1.